The third kappa shape index (κ3) is 9.24. The fourth-order valence-corrected chi connectivity index (χ4v) is 9.52. The molecule has 4 atom stereocenters. The molecule has 0 bridgehead atoms. The number of methoxy groups -OCH3 is 2. The van der Waals surface area contributed by atoms with Gasteiger partial charge in [0.15, 0.2) is 7.28 Å². The Morgan fingerprint density at radius 2 is 1.64 bits per heavy atom. The van der Waals surface area contributed by atoms with Crippen LogP contribution in [0.3, 0.4) is 0 Å². The summed E-state index contributed by atoms with van der Waals surface area (Å²) in [6, 6.07) is 17.1. The van der Waals surface area contributed by atoms with Crippen molar-refractivity contribution in [3.63, 3.8) is 0 Å². The number of hydrogen-bond acceptors (Lipinski definition) is 9. The van der Waals surface area contributed by atoms with E-state index in [2.05, 4.69) is 29.4 Å². The third-order valence-corrected chi connectivity index (χ3v) is 13.3. The van der Waals surface area contributed by atoms with E-state index in [0.29, 0.717) is 51.0 Å². The number of likely N-dealkylation sites (tertiary alicyclic amines) is 2. The zero-order valence-electron chi connectivity index (χ0n) is 36.8. The van der Waals surface area contributed by atoms with Crippen LogP contribution in [0, 0.1) is 12.8 Å². The van der Waals surface area contributed by atoms with Gasteiger partial charge in [0.2, 0.25) is 0 Å². The average molecular weight is 944 g/mol. The van der Waals surface area contributed by atoms with Gasteiger partial charge >= 0.3 is 23.2 Å². The van der Waals surface area contributed by atoms with E-state index in [0.717, 1.165) is 56.9 Å². The van der Waals surface area contributed by atoms with Crippen LogP contribution in [0.15, 0.2) is 79.4 Å². The Morgan fingerprint density at radius 3 is 2.32 bits per heavy atom. The monoisotopic (exact) mass is 943 g/mol. The Hall–Kier alpha value is -5.20. The normalized spacial score (nSPS) is 20.7. The summed E-state index contributed by atoms with van der Waals surface area (Å²) in [5.41, 5.74) is 6.39. The fourth-order valence-electron chi connectivity index (χ4n) is 9.52. The first-order valence-electron chi connectivity index (χ1n) is 21.7. The first-order chi connectivity index (χ1) is 31.1. The number of ether oxygens (including phenoxy) is 2. The predicted molar refractivity (Wildman–Crippen MR) is 237 cm³/mol. The molecule has 9 rings (SSSR count). The Kier molecular flexibility index (Phi) is 13.5. The molecule has 18 heteroatoms. The molecule has 3 aliphatic rings. The molecule has 2 fully saturated rings. The number of imidazole rings is 2. The van der Waals surface area contributed by atoms with Crippen molar-refractivity contribution >= 4 is 41.3 Å². The number of benzene rings is 2. The first-order valence-corrected chi connectivity index (χ1v) is 21.7. The van der Waals surface area contributed by atoms with E-state index in [4.69, 9.17) is 14.5 Å². The van der Waals surface area contributed by atoms with E-state index < -0.39 is 35.4 Å². The smallest absolute Gasteiger partial charge is 0.423 e. The zero-order valence-corrected chi connectivity index (χ0v) is 38.0. The SMILES string of the molecule is [CH2-]c1ccccc1C[C-]1CCN(C(=O)c2cn3cc([B]c4ccc5c(c4)CC4(CCN(C(=O)c6cn7cc(C(F)(F)F)cc(COC)c7n6)CC4O)NC5)cc(C(C)OC)c3n2)CC1O.[Mn+2]. The second kappa shape index (κ2) is 18.8. The van der Waals surface area contributed by atoms with Crippen LogP contribution >= 0.6 is 0 Å². The molecule has 13 nitrogen and oxygen atoms in total. The maximum atomic E-state index is 13.9. The molecular formula is C48H50BF3MnN7O6. The Bertz CT molecular complexity index is 2780. The number of nitrogens with one attached hydrogen (secondary N) is 1. The van der Waals surface area contributed by atoms with Gasteiger partial charge in [-0.15, -0.1) is 12.1 Å². The van der Waals surface area contributed by atoms with Crippen LogP contribution in [0.4, 0.5) is 13.2 Å². The maximum Gasteiger partial charge on any atom is 2.00 e. The van der Waals surface area contributed by atoms with E-state index in [1.54, 1.807) is 18.2 Å². The number of aliphatic hydroxyl groups excluding tert-OH is 2. The number of amides is 2. The van der Waals surface area contributed by atoms with Crippen LogP contribution in [-0.4, -0.2) is 116 Å². The Labute approximate surface area is 392 Å². The van der Waals surface area contributed by atoms with E-state index in [1.807, 2.05) is 61.2 Å². The molecule has 2 radical (unpaired) electrons. The largest absolute Gasteiger partial charge is 2.00 e. The second-order valence-corrected chi connectivity index (χ2v) is 17.5. The first kappa shape index (κ1) is 47.3. The minimum atomic E-state index is -4.60. The molecule has 7 heterocycles. The van der Waals surface area contributed by atoms with E-state index in [1.165, 1.54) is 22.6 Å². The molecule has 4 aromatic heterocycles. The molecular weight excluding hydrogens is 893 g/mol. The number of rotatable bonds is 10. The van der Waals surface area contributed by atoms with Crippen LogP contribution < -0.4 is 16.2 Å². The summed E-state index contributed by atoms with van der Waals surface area (Å²) in [7, 11) is 5.05. The molecule has 1 spiro atoms. The van der Waals surface area contributed by atoms with Gasteiger partial charge in [-0.25, -0.2) is 9.97 Å². The molecule has 2 saturated heterocycles. The fraction of sp³-hybridized carbons (Fsp3) is 0.375. The van der Waals surface area contributed by atoms with Crippen molar-refractivity contribution in [1.29, 1.82) is 0 Å². The van der Waals surface area contributed by atoms with Crippen LogP contribution in [0.2, 0.25) is 0 Å². The molecule has 344 valence electrons. The van der Waals surface area contributed by atoms with Gasteiger partial charge in [-0.1, -0.05) is 41.3 Å². The van der Waals surface area contributed by atoms with Gasteiger partial charge in [0.25, 0.3) is 11.8 Å². The van der Waals surface area contributed by atoms with Crippen molar-refractivity contribution in [3.8, 4) is 0 Å². The number of aromatic nitrogens is 4. The number of piperidine rings is 2. The van der Waals surface area contributed by atoms with Gasteiger partial charge in [0.1, 0.15) is 22.7 Å². The van der Waals surface area contributed by atoms with Gasteiger partial charge < -0.3 is 43.6 Å². The number of halogens is 3. The molecule has 2 aromatic carbocycles. The molecule has 0 saturated carbocycles. The van der Waals surface area contributed by atoms with Crippen LogP contribution in [-0.2, 0) is 58.7 Å². The van der Waals surface area contributed by atoms with Crippen molar-refractivity contribution in [1.82, 2.24) is 33.9 Å². The van der Waals surface area contributed by atoms with Crippen LogP contribution in [0.1, 0.15) is 85.8 Å². The summed E-state index contributed by atoms with van der Waals surface area (Å²) in [4.78, 5) is 39.9. The Balaban J connectivity index is 0.00000592. The number of nitrogens with zero attached hydrogens (tertiary/aromatic N) is 6. The van der Waals surface area contributed by atoms with Gasteiger partial charge in [-0.2, -0.15) is 50.1 Å². The third-order valence-electron chi connectivity index (χ3n) is 13.3. The van der Waals surface area contributed by atoms with Gasteiger partial charge in [-0.05, 0) is 49.6 Å². The summed E-state index contributed by atoms with van der Waals surface area (Å²) < 4.78 is 54.9. The minimum absolute atomic E-state index is 0. The van der Waals surface area contributed by atoms with Crippen molar-refractivity contribution in [2.75, 3.05) is 40.4 Å². The molecule has 66 heavy (non-hydrogen) atoms. The molecule has 0 aliphatic carbocycles. The van der Waals surface area contributed by atoms with E-state index in [-0.39, 0.29) is 71.4 Å². The number of carbonyl (C=O) groups is 2. The molecule has 6 aromatic rings. The number of β-amino-alcohol motifs (C(OH)–C–C–N with tert-alkyl or cyclic N) is 2. The standard InChI is InChI=1S/C48H50BF3N7O6.Mn/c1-28-7-5-6-8-30(28)15-31-11-13-56(25-41(31)60)45(62)40-24-59-22-37(18-38(29(2)65-4)44(59)55-40)49-36-10-9-32-20-53-47(19-33(32)17-36)12-14-57(26-42(47)61)46(63)39-23-58-21-35(48(50,51)52)16-34(27-64-3)43(58)54-39;/h5-10,16-18,21-24,29,41-42,53,60-61H,1,11-15,19-20,25-27H2,2-4H3;/q-2;+2. The quantitative estimate of drug-likeness (QED) is 0.137. The van der Waals surface area contributed by atoms with Crippen molar-refractivity contribution < 1.29 is 59.5 Å². The number of pyridine rings is 2. The maximum absolute atomic E-state index is 13.9. The minimum Gasteiger partial charge on any atom is -0.423 e. The summed E-state index contributed by atoms with van der Waals surface area (Å²) in [6.45, 7) is 7.40. The molecule has 4 unspecified atom stereocenters. The summed E-state index contributed by atoms with van der Waals surface area (Å²) >= 11 is 0. The summed E-state index contributed by atoms with van der Waals surface area (Å²) in [5, 5.41) is 26.3. The number of fused-ring (bicyclic) bond motifs is 3. The second-order valence-electron chi connectivity index (χ2n) is 17.5. The van der Waals surface area contributed by atoms with E-state index in [9.17, 15) is 33.0 Å². The number of aliphatic hydroxyl groups is 2. The van der Waals surface area contributed by atoms with Crippen molar-refractivity contribution in [2.45, 2.75) is 75.8 Å². The Morgan fingerprint density at radius 1 is 0.924 bits per heavy atom. The number of hydrogen-bond donors (Lipinski definition) is 3. The number of carbonyl (C=O) groups excluding carboxylic acids is 2. The predicted octanol–water partition coefficient (Wildman–Crippen LogP) is 4.00. The summed E-state index contributed by atoms with van der Waals surface area (Å²) in [5.74, 6) is 0.246. The molecule has 3 aliphatic heterocycles. The zero-order chi connectivity index (χ0) is 45.8. The van der Waals surface area contributed by atoms with Gasteiger partial charge in [0, 0.05) is 76.3 Å². The van der Waals surface area contributed by atoms with Crippen LogP contribution in [0.5, 0.6) is 0 Å². The van der Waals surface area contributed by atoms with Gasteiger partial charge in [0.05, 0.1) is 29.9 Å². The topological polar surface area (TPSA) is 146 Å². The van der Waals surface area contributed by atoms with Crippen molar-refractivity contribution in [3.05, 3.63) is 143 Å². The summed E-state index contributed by atoms with van der Waals surface area (Å²) in [6.07, 6.45) is 1.36. The molecule has 2 amide bonds. The molecule has 3 N–H and O–H groups in total. The van der Waals surface area contributed by atoms with Gasteiger partial charge in [-0.3, -0.25) is 15.5 Å². The number of alkyl halides is 3. The van der Waals surface area contributed by atoms with Crippen LogP contribution in [0.25, 0.3) is 11.3 Å². The average Bonchev–Trinajstić information content (AvgIpc) is 3.93. The van der Waals surface area contributed by atoms with Crippen molar-refractivity contribution in [2.24, 2.45) is 0 Å². The van der Waals surface area contributed by atoms with E-state index >= 15 is 0 Å².